The van der Waals surface area contributed by atoms with E-state index in [2.05, 4.69) is 38.4 Å². The molecule has 0 radical (unpaired) electrons. The average Bonchev–Trinajstić information content (AvgIpc) is 2.60. The van der Waals surface area contributed by atoms with Gasteiger partial charge in [0.15, 0.2) is 11.5 Å². The van der Waals surface area contributed by atoms with Crippen LogP contribution in [0.5, 0.6) is 11.5 Å². The number of carbonyl (C=O) groups is 1. The number of hydrogen-bond donors (Lipinski definition) is 2. The summed E-state index contributed by atoms with van der Waals surface area (Å²) >= 11 is 2.19. The SMILES string of the molecule is CCOc1cc(C=NNC(=O)Nc2ccccc2C)cc(I)c1OCC. The van der Waals surface area contributed by atoms with Crippen molar-refractivity contribution in [3.63, 3.8) is 0 Å². The van der Waals surface area contributed by atoms with Crippen LogP contribution in [-0.4, -0.2) is 25.5 Å². The molecule has 138 valence electrons. The highest BCUT2D eigenvalue weighted by Gasteiger charge is 2.11. The number of hydrogen-bond acceptors (Lipinski definition) is 4. The van der Waals surface area contributed by atoms with Crippen LogP contribution in [0.1, 0.15) is 25.0 Å². The highest BCUT2D eigenvalue weighted by atomic mass is 127. The summed E-state index contributed by atoms with van der Waals surface area (Å²) < 4.78 is 12.2. The Balaban J connectivity index is 2.05. The van der Waals surface area contributed by atoms with E-state index in [0.29, 0.717) is 19.0 Å². The lowest BCUT2D eigenvalue weighted by Crippen LogP contribution is -2.24. The molecule has 0 spiro atoms. The highest BCUT2D eigenvalue weighted by molar-refractivity contribution is 14.1. The minimum atomic E-state index is -0.402. The molecule has 0 bridgehead atoms. The molecule has 26 heavy (non-hydrogen) atoms. The lowest BCUT2D eigenvalue weighted by Gasteiger charge is -2.13. The summed E-state index contributed by atoms with van der Waals surface area (Å²) in [6.07, 6.45) is 1.57. The first-order valence-corrected chi connectivity index (χ1v) is 9.37. The number of urea groups is 1. The van der Waals surface area contributed by atoms with Crippen LogP contribution in [-0.2, 0) is 0 Å². The first-order valence-electron chi connectivity index (χ1n) is 8.30. The Hall–Kier alpha value is -2.29. The molecule has 2 aromatic rings. The van der Waals surface area contributed by atoms with Crippen molar-refractivity contribution in [3.05, 3.63) is 51.1 Å². The molecule has 2 N–H and O–H groups in total. The Bertz CT molecular complexity index is 794. The molecule has 0 aliphatic rings. The number of anilines is 1. The topological polar surface area (TPSA) is 72.0 Å². The largest absolute Gasteiger partial charge is 0.490 e. The van der Waals surface area contributed by atoms with Crippen LogP contribution in [0.3, 0.4) is 0 Å². The quantitative estimate of drug-likeness (QED) is 0.357. The second-order valence-corrected chi connectivity index (χ2v) is 6.50. The molecule has 6 nitrogen and oxygen atoms in total. The summed E-state index contributed by atoms with van der Waals surface area (Å²) in [7, 11) is 0. The van der Waals surface area contributed by atoms with Gasteiger partial charge in [-0.15, -0.1) is 0 Å². The van der Waals surface area contributed by atoms with Crippen molar-refractivity contribution in [2.45, 2.75) is 20.8 Å². The monoisotopic (exact) mass is 467 g/mol. The number of ether oxygens (including phenoxy) is 2. The molecule has 0 unspecified atom stereocenters. The van der Waals surface area contributed by atoms with Crippen molar-refractivity contribution in [1.29, 1.82) is 0 Å². The third-order valence-electron chi connectivity index (χ3n) is 3.39. The molecule has 2 aromatic carbocycles. The molecule has 0 heterocycles. The first kappa shape index (κ1) is 20.0. The standard InChI is InChI=1S/C19H22IN3O3/c1-4-25-17-11-14(10-15(20)18(17)26-5-2)12-21-23-19(24)22-16-9-7-6-8-13(16)3/h6-12H,4-5H2,1-3H3,(H2,22,23,24). The van der Waals surface area contributed by atoms with Gasteiger partial charge < -0.3 is 14.8 Å². The first-order chi connectivity index (χ1) is 12.5. The van der Waals surface area contributed by atoms with Crippen molar-refractivity contribution >= 4 is 40.5 Å². The number of halogens is 1. The molecule has 7 heteroatoms. The zero-order valence-corrected chi connectivity index (χ0v) is 17.2. The predicted octanol–water partition coefficient (Wildman–Crippen LogP) is 4.55. The number of amides is 2. The van der Waals surface area contributed by atoms with Crippen molar-refractivity contribution in [3.8, 4) is 11.5 Å². The van der Waals surface area contributed by atoms with E-state index in [1.165, 1.54) is 0 Å². The molecule has 0 aromatic heterocycles. The van der Waals surface area contributed by atoms with Crippen molar-refractivity contribution < 1.29 is 14.3 Å². The Labute approximate surface area is 167 Å². The molecule has 0 aliphatic carbocycles. The van der Waals surface area contributed by atoms with E-state index in [1.807, 2.05) is 57.2 Å². The molecular formula is C19H22IN3O3. The molecule has 0 atom stereocenters. The van der Waals surface area contributed by atoms with E-state index < -0.39 is 6.03 Å². The minimum Gasteiger partial charge on any atom is -0.490 e. The zero-order chi connectivity index (χ0) is 18.9. The van der Waals surface area contributed by atoms with Gasteiger partial charge in [-0.1, -0.05) is 18.2 Å². The van der Waals surface area contributed by atoms with Crippen LogP contribution < -0.4 is 20.2 Å². The summed E-state index contributed by atoms with van der Waals surface area (Å²) in [5.74, 6) is 1.38. The van der Waals surface area contributed by atoms with Crippen molar-refractivity contribution in [2.24, 2.45) is 5.10 Å². The van der Waals surface area contributed by atoms with Gasteiger partial charge in [-0.25, -0.2) is 10.2 Å². The lowest BCUT2D eigenvalue weighted by atomic mass is 10.2. The number of nitrogens with one attached hydrogen (secondary N) is 2. The van der Waals surface area contributed by atoms with Crippen LogP contribution in [0.15, 0.2) is 41.5 Å². The maximum atomic E-state index is 11.9. The molecule has 0 saturated carbocycles. The van der Waals surface area contributed by atoms with Crippen LogP contribution in [0, 0.1) is 10.5 Å². The third-order valence-corrected chi connectivity index (χ3v) is 4.19. The van der Waals surface area contributed by atoms with Gasteiger partial charge in [-0.05, 0) is 72.7 Å². The lowest BCUT2D eigenvalue weighted by molar-refractivity contribution is 0.252. The van der Waals surface area contributed by atoms with E-state index >= 15 is 0 Å². The average molecular weight is 467 g/mol. The maximum absolute atomic E-state index is 11.9. The van der Waals surface area contributed by atoms with Crippen LogP contribution in [0.25, 0.3) is 0 Å². The van der Waals surface area contributed by atoms with E-state index in [9.17, 15) is 4.79 Å². The van der Waals surface area contributed by atoms with Crippen LogP contribution in [0.4, 0.5) is 10.5 Å². The summed E-state index contributed by atoms with van der Waals surface area (Å²) in [6, 6.07) is 10.9. The van der Waals surface area contributed by atoms with Gasteiger partial charge in [0.1, 0.15) is 0 Å². The van der Waals surface area contributed by atoms with Gasteiger partial charge in [-0.3, -0.25) is 0 Å². The predicted molar refractivity (Wildman–Crippen MR) is 112 cm³/mol. The van der Waals surface area contributed by atoms with Crippen LogP contribution >= 0.6 is 22.6 Å². The van der Waals surface area contributed by atoms with Gasteiger partial charge >= 0.3 is 6.03 Å². The number of carbonyl (C=O) groups excluding carboxylic acids is 1. The third kappa shape index (κ3) is 5.62. The highest BCUT2D eigenvalue weighted by Crippen LogP contribution is 2.33. The van der Waals surface area contributed by atoms with Crippen molar-refractivity contribution in [1.82, 2.24) is 5.43 Å². The smallest absolute Gasteiger partial charge is 0.339 e. The number of hydrazone groups is 1. The number of benzene rings is 2. The number of aryl methyl sites for hydroxylation is 1. The summed E-state index contributed by atoms with van der Waals surface area (Å²) in [5.41, 5.74) is 4.99. The number of para-hydroxylation sites is 1. The van der Waals surface area contributed by atoms with Gasteiger partial charge in [0, 0.05) is 5.69 Å². The molecule has 2 rings (SSSR count). The fourth-order valence-corrected chi connectivity index (χ4v) is 3.02. The molecule has 0 saturated heterocycles. The summed E-state index contributed by atoms with van der Waals surface area (Å²) in [6.45, 7) is 6.87. The Kier molecular flexibility index (Phi) is 7.71. The van der Waals surface area contributed by atoms with Crippen molar-refractivity contribution in [2.75, 3.05) is 18.5 Å². The number of rotatable bonds is 7. The molecule has 0 fully saturated rings. The minimum absolute atomic E-state index is 0.402. The zero-order valence-electron chi connectivity index (χ0n) is 15.0. The Morgan fingerprint density at radius 2 is 1.92 bits per heavy atom. The van der Waals surface area contributed by atoms with Gasteiger partial charge in [0.25, 0.3) is 0 Å². The fourth-order valence-electron chi connectivity index (χ4n) is 2.24. The molecule has 0 aliphatic heterocycles. The number of nitrogens with zero attached hydrogens (tertiary/aromatic N) is 1. The van der Waals surface area contributed by atoms with Gasteiger partial charge in [0.05, 0.1) is 23.0 Å². The van der Waals surface area contributed by atoms with Gasteiger partial charge in [0.2, 0.25) is 0 Å². The molecular weight excluding hydrogens is 445 g/mol. The maximum Gasteiger partial charge on any atom is 0.339 e. The van der Waals surface area contributed by atoms with Crippen LogP contribution in [0.2, 0.25) is 0 Å². The van der Waals surface area contributed by atoms with E-state index in [0.717, 1.165) is 26.1 Å². The second kappa shape index (κ2) is 10.0. The van der Waals surface area contributed by atoms with E-state index in [1.54, 1.807) is 6.21 Å². The van der Waals surface area contributed by atoms with E-state index in [-0.39, 0.29) is 0 Å². The summed E-state index contributed by atoms with van der Waals surface area (Å²) in [5, 5.41) is 6.75. The Morgan fingerprint density at radius 1 is 1.19 bits per heavy atom. The second-order valence-electron chi connectivity index (χ2n) is 5.34. The fraction of sp³-hybridized carbons (Fsp3) is 0.263. The Morgan fingerprint density at radius 3 is 2.62 bits per heavy atom. The normalized spacial score (nSPS) is 10.6. The molecule has 2 amide bonds. The van der Waals surface area contributed by atoms with E-state index in [4.69, 9.17) is 9.47 Å². The summed E-state index contributed by atoms with van der Waals surface area (Å²) in [4.78, 5) is 11.9. The van der Waals surface area contributed by atoms with Gasteiger partial charge in [-0.2, -0.15) is 5.10 Å².